The summed E-state index contributed by atoms with van der Waals surface area (Å²) >= 11 is 0. The summed E-state index contributed by atoms with van der Waals surface area (Å²) in [4.78, 5) is 24.1. The Morgan fingerprint density at radius 1 is 1.04 bits per heavy atom. The Labute approximate surface area is 159 Å². The van der Waals surface area contributed by atoms with Gasteiger partial charge in [0.15, 0.2) is 33.4 Å². The number of amides is 1. The number of carbonyl (C=O) groups excluding carboxylic acids is 2. The minimum atomic E-state index is -3.23. The molecule has 6 nitrogen and oxygen atoms in total. The third-order valence-corrected chi connectivity index (χ3v) is 4.42. The largest absolute Gasteiger partial charge is 0.449 e. The molecular weight excluding hydrogens is 399 g/mol. The SMILES string of the molecule is C[C@H](OC(=O)c1ccc(CS(C)(=O)=O)cc1)C(=O)Nc1ccc(F)c(F)c1F. The van der Waals surface area contributed by atoms with Gasteiger partial charge >= 0.3 is 5.97 Å². The maximum atomic E-state index is 13.6. The number of carbonyl (C=O) groups is 2. The first-order valence-corrected chi connectivity index (χ1v) is 9.96. The molecule has 28 heavy (non-hydrogen) atoms. The van der Waals surface area contributed by atoms with Gasteiger partial charge in [-0.1, -0.05) is 12.1 Å². The molecule has 0 aliphatic heterocycles. The number of nitrogens with one attached hydrogen (secondary N) is 1. The van der Waals surface area contributed by atoms with Gasteiger partial charge in [0, 0.05) is 6.26 Å². The predicted molar refractivity (Wildman–Crippen MR) is 94.8 cm³/mol. The molecule has 0 unspecified atom stereocenters. The number of hydrogen-bond acceptors (Lipinski definition) is 5. The number of anilines is 1. The summed E-state index contributed by atoms with van der Waals surface area (Å²) in [7, 11) is -3.23. The van der Waals surface area contributed by atoms with Crippen molar-refractivity contribution in [1.82, 2.24) is 0 Å². The molecule has 0 radical (unpaired) electrons. The summed E-state index contributed by atoms with van der Waals surface area (Å²) in [5, 5.41) is 2.01. The van der Waals surface area contributed by atoms with Gasteiger partial charge in [0.05, 0.1) is 17.0 Å². The van der Waals surface area contributed by atoms with Gasteiger partial charge in [0.2, 0.25) is 0 Å². The summed E-state index contributed by atoms with van der Waals surface area (Å²) < 4.78 is 67.1. The molecule has 1 atom stereocenters. The minimum absolute atomic E-state index is 0.0657. The van der Waals surface area contributed by atoms with Crippen LogP contribution in [0.25, 0.3) is 0 Å². The van der Waals surface area contributed by atoms with Crippen LogP contribution in [-0.4, -0.2) is 32.7 Å². The zero-order valence-corrected chi connectivity index (χ0v) is 15.6. The number of halogens is 3. The molecule has 0 aliphatic rings. The van der Waals surface area contributed by atoms with E-state index in [4.69, 9.17) is 4.74 Å². The average Bonchev–Trinajstić information content (AvgIpc) is 2.61. The molecule has 10 heteroatoms. The first-order chi connectivity index (χ1) is 13.0. The van der Waals surface area contributed by atoms with Crippen molar-refractivity contribution >= 4 is 27.4 Å². The van der Waals surface area contributed by atoms with Gasteiger partial charge < -0.3 is 10.1 Å². The van der Waals surface area contributed by atoms with Crippen LogP contribution in [0.4, 0.5) is 18.9 Å². The van der Waals surface area contributed by atoms with Crippen LogP contribution < -0.4 is 5.32 Å². The highest BCUT2D eigenvalue weighted by atomic mass is 32.2. The second-order valence-electron chi connectivity index (χ2n) is 6.03. The Morgan fingerprint density at radius 2 is 1.64 bits per heavy atom. The molecular formula is C18H16F3NO5S. The smallest absolute Gasteiger partial charge is 0.338 e. The zero-order chi connectivity index (χ0) is 21.1. The maximum absolute atomic E-state index is 13.6. The van der Waals surface area contributed by atoms with Crippen molar-refractivity contribution in [2.45, 2.75) is 18.8 Å². The van der Waals surface area contributed by atoms with E-state index < -0.39 is 51.0 Å². The van der Waals surface area contributed by atoms with Gasteiger partial charge in [0.1, 0.15) is 0 Å². The van der Waals surface area contributed by atoms with Gasteiger partial charge in [-0.05, 0) is 36.8 Å². The predicted octanol–water partition coefficient (Wildman–Crippen LogP) is 2.83. The molecule has 0 aliphatic carbocycles. The van der Waals surface area contributed by atoms with Crippen molar-refractivity contribution in [3.63, 3.8) is 0 Å². The fraction of sp³-hybridized carbons (Fsp3) is 0.222. The molecule has 1 N–H and O–H groups in total. The Hall–Kier alpha value is -2.88. The van der Waals surface area contributed by atoms with Crippen LogP contribution in [0.1, 0.15) is 22.8 Å². The number of rotatable bonds is 6. The lowest BCUT2D eigenvalue weighted by Crippen LogP contribution is -2.30. The van der Waals surface area contributed by atoms with E-state index >= 15 is 0 Å². The van der Waals surface area contributed by atoms with E-state index in [9.17, 15) is 31.2 Å². The Morgan fingerprint density at radius 3 is 2.21 bits per heavy atom. The molecule has 0 saturated carbocycles. The summed E-state index contributed by atoms with van der Waals surface area (Å²) in [6.07, 6.45) is -0.290. The summed E-state index contributed by atoms with van der Waals surface area (Å²) in [5.41, 5.74) is -0.0634. The summed E-state index contributed by atoms with van der Waals surface area (Å²) in [6, 6.07) is 7.01. The highest BCUT2D eigenvalue weighted by Gasteiger charge is 2.22. The fourth-order valence-electron chi connectivity index (χ4n) is 2.18. The van der Waals surface area contributed by atoms with E-state index in [1.807, 2.05) is 5.32 Å². The van der Waals surface area contributed by atoms with Crippen LogP contribution in [0.2, 0.25) is 0 Å². The normalized spacial score (nSPS) is 12.3. The molecule has 0 spiro atoms. The molecule has 2 rings (SSSR count). The molecule has 2 aromatic rings. The van der Waals surface area contributed by atoms with E-state index in [1.165, 1.54) is 31.2 Å². The highest BCUT2D eigenvalue weighted by molar-refractivity contribution is 7.89. The van der Waals surface area contributed by atoms with Crippen LogP contribution in [0.5, 0.6) is 0 Å². The van der Waals surface area contributed by atoms with Crippen LogP contribution in [0, 0.1) is 17.5 Å². The molecule has 1 amide bonds. The van der Waals surface area contributed by atoms with E-state index in [0.29, 0.717) is 11.6 Å². The van der Waals surface area contributed by atoms with Crippen LogP contribution in [-0.2, 0) is 25.1 Å². The Balaban J connectivity index is 2.01. The van der Waals surface area contributed by atoms with Crippen molar-refractivity contribution < 1.29 is 35.9 Å². The second kappa shape index (κ2) is 8.42. The van der Waals surface area contributed by atoms with Crippen molar-refractivity contribution in [3.8, 4) is 0 Å². The van der Waals surface area contributed by atoms with Gasteiger partial charge in [0.25, 0.3) is 5.91 Å². The van der Waals surface area contributed by atoms with Crippen molar-refractivity contribution in [2.75, 3.05) is 11.6 Å². The van der Waals surface area contributed by atoms with Gasteiger partial charge in [-0.3, -0.25) is 4.79 Å². The fourth-order valence-corrected chi connectivity index (χ4v) is 2.98. The van der Waals surface area contributed by atoms with Gasteiger partial charge in [-0.15, -0.1) is 0 Å². The Kier molecular flexibility index (Phi) is 6.45. The monoisotopic (exact) mass is 415 g/mol. The number of sulfone groups is 1. The molecule has 0 saturated heterocycles. The quantitative estimate of drug-likeness (QED) is 0.579. The van der Waals surface area contributed by atoms with E-state index in [0.717, 1.165) is 12.3 Å². The minimum Gasteiger partial charge on any atom is -0.449 e. The van der Waals surface area contributed by atoms with Crippen LogP contribution in [0.3, 0.4) is 0 Å². The van der Waals surface area contributed by atoms with Crippen LogP contribution >= 0.6 is 0 Å². The maximum Gasteiger partial charge on any atom is 0.338 e. The highest BCUT2D eigenvalue weighted by Crippen LogP contribution is 2.20. The number of ether oxygens (including phenoxy) is 1. The number of esters is 1. The number of hydrogen-bond donors (Lipinski definition) is 1. The lowest BCUT2D eigenvalue weighted by molar-refractivity contribution is -0.123. The molecule has 2 aromatic carbocycles. The van der Waals surface area contributed by atoms with E-state index in [1.54, 1.807) is 0 Å². The standard InChI is InChI=1S/C18H16F3NO5S/c1-10(17(23)22-14-8-7-13(19)15(20)16(14)21)27-18(24)12-5-3-11(4-6-12)9-28(2,25)26/h3-8,10H,9H2,1-2H3,(H,22,23)/t10-/m0/s1. The number of benzene rings is 2. The lowest BCUT2D eigenvalue weighted by Gasteiger charge is -2.14. The summed E-state index contributed by atoms with van der Waals surface area (Å²) in [6.45, 7) is 1.21. The molecule has 0 aromatic heterocycles. The molecule has 0 heterocycles. The van der Waals surface area contributed by atoms with Crippen molar-refractivity contribution in [1.29, 1.82) is 0 Å². The molecule has 0 fully saturated rings. The van der Waals surface area contributed by atoms with Gasteiger partial charge in [-0.25, -0.2) is 26.4 Å². The first-order valence-electron chi connectivity index (χ1n) is 7.90. The Bertz CT molecular complexity index is 1010. The van der Waals surface area contributed by atoms with Crippen LogP contribution in [0.15, 0.2) is 36.4 Å². The zero-order valence-electron chi connectivity index (χ0n) is 14.8. The molecule has 0 bridgehead atoms. The molecule has 150 valence electrons. The van der Waals surface area contributed by atoms with E-state index in [-0.39, 0.29) is 11.3 Å². The van der Waals surface area contributed by atoms with Crippen molar-refractivity contribution in [3.05, 3.63) is 65.0 Å². The topological polar surface area (TPSA) is 89.5 Å². The van der Waals surface area contributed by atoms with Crippen molar-refractivity contribution in [2.24, 2.45) is 0 Å². The lowest BCUT2D eigenvalue weighted by atomic mass is 10.1. The van der Waals surface area contributed by atoms with E-state index in [2.05, 4.69) is 0 Å². The van der Waals surface area contributed by atoms with Gasteiger partial charge in [-0.2, -0.15) is 0 Å². The second-order valence-corrected chi connectivity index (χ2v) is 8.17. The average molecular weight is 415 g/mol. The third kappa shape index (κ3) is 5.56. The summed E-state index contributed by atoms with van der Waals surface area (Å²) in [5.74, 6) is -6.74. The third-order valence-electron chi connectivity index (χ3n) is 3.56. The first kappa shape index (κ1) is 21.4.